The summed E-state index contributed by atoms with van der Waals surface area (Å²) >= 11 is 0. The summed E-state index contributed by atoms with van der Waals surface area (Å²) in [6.45, 7) is 7.65. The minimum absolute atomic E-state index is 0.582. The van der Waals surface area contributed by atoms with Crippen molar-refractivity contribution in [3.63, 3.8) is 0 Å². The number of ether oxygens (including phenoxy) is 1. The first kappa shape index (κ1) is 13.1. The molecular weight excluding hydrogens is 262 g/mol. The summed E-state index contributed by atoms with van der Waals surface area (Å²) in [5.74, 6) is 1.08. The summed E-state index contributed by atoms with van der Waals surface area (Å²) in [6, 6.07) is 16.8. The Hall–Kier alpha value is -1.87. The summed E-state index contributed by atoms with van der Waals surface area (Å²) in [4.78, 5) is 0. The van der Waals surface area contributed by atoms with Crippen LogP contribution in [0.25, 0.3) is 0 Å². The van der Waals surface area contributed by atoms with Crippen LogP contribution in [0, 0.1) is 0 Å². The monoisotopic (exact) mass is 282 g/mol. The number of fused-ring (bicyclic) bond motifs is 1. The van der Waals surface area contributed by atoms with Gasteiger partial charge in [0.15, 0.2) is 6.21 Å². The molecule has 0 aliphatic carbocycles. The molecule has 0 amide bonds. The number of benzene rings is 2. The Kier molecular flexibility index (Phi) is 3.22. The van der Waals surface area contributed by atoms with Crippen LogP contribution in [0.15, 0.2) is 48.5 Å². The third-order valence-corrected chi connectivity index (χ3v) is 5.59. The van der Waals surface area contributed by atoms with Crippen molar-refractivity contribution >= 4 is 25.2 Å². The molecule has 1 heterocycles. The molecule has 1 aliphatic rings. The van der Waals surface area contributed by atoms with Gasteiger partial charge in [0.25, 0.3) is 6.73 Å². The Morgan fingerprint density at radius 2 is 1.70 bits per heavy atom. The van der Waals surface area contributed by atoms with Gasteiger partial charge in [-0.3, -0.25) is 0 Å². The zero-order valence-electron chi connectivity index (χ0n) is 12.3. The summed E-state index contributed by atoms with van der Waals surface area (Å²) in [7, 11) is -1.38. The molecule has 3 heteroatoms. The van der Waals surface area contributed by atoms with E-state index in [1.807, 2.05) is 6.07 Å². The maximum Gasteiger partial charge on any atom is 0.292 e. The fraction of sp³-hybridized carbons (Fsp3) is 0.235. The van der Waals surface area contributed by atoms with Gasteiger partial charge < -0.3 is 4.74 Å². The second-order valence-electron chi connectivity index (χ2n) is 6.18. The van der Waals surface area contributed by atoms with Crippen LogP contribution in [0.5, 0.6) is 5.75 Å². The van der Waals surface area contributed by atoms with Crippen LogP contribution in [-0.4, -0.2) is 25.6 Å². The van der Waals surface area contributed by atoms with Crippen LogP contribution < -0.4 is 9.92 Å². The van der Waals surface area contributed by atoms with E-state index in [1.54, 1.807) is 0 Å². The van der Waals surface area contributed by atoms with Crippen molar-refractivity contribution in [1.29, 1.82) is 0 Å². The third kappa shape index (κ3) is 2.41. The molecule has 0 radical (unpaired) electrons. The SMILES string of the molecule is C[Si](C)(C)c1cccc2c1OC[N+](c1ccccc1)=C2. The molecule has 0 fully saturated rings. The molecule has 0 aromatic heterocycles. The van der Waals surface area contributed by atoms with E-state index in [-0.39, 0.29) is 0 Å². The number of rotatable bonds is 2. The Bertz CT molecular complexity index is 656. The van der Waals surface area contributed by atoms with Gasteiger partial charge in [-0.1, -0.05) is 50.0 Å². The van der Waals surface area contributed by atoms with Gasteiger partial charge in [0.1, 0.15) is 5.75 Å². The molecule has 0 spiro atoms. The summed E-state index contributed by atoms with van der Waals surface area (Å²) in [5.41, 5.74) is 2.34. The van der Waals surface area contributed by atoms with Crippen LogP contribution in [0.2, 0.25) is 19.6 Å². The highest BCUT2D eigenvalue weighted by molar-refractivity contribution is 6.89. The second kappa shape index (κ2) is 4.91. The zero-order valence-corrected chi connectivity index (χ0v) is 13.3. The third-order valence-electron chi connectivity index (χ3n) is 3.58. The molecule has 0 saturated heterocycles. The normalized spacial score (nSPS) is 14.2. The van der Waals surface area contributed by atoms with Gasteiger partial charge in [0.2, 0.25) is 5.69 Å². The fourth-order valence-electron chi connectivity index (χ4n) is 2.52. The minimum Gasteiger partial charge on any atom is -0.435 e. The van der Waals surface area contributed by atoms with Crippen molar-refractivity contribution in [1.82, 2.24) is 0 Å². The lowest BCUT2D eigenvalue weighted by molar-refractivity contribution is -0.476. The van der Waals surface area contributed by atoms with Gasteiger partial charge in [-0.25, -0.2) is 0 Å². The molecule has 1 aliphatic heterocycles. The van der Waals surface area contributed by atoms with Crippen LogP contribution in [0.3, 0.4) is 0 Å². The van der Waals surface area contributed by atoms with Crippen molar-refractivity contribution in [3.05, 3.63) is 54.1 Å². The maximum atomic E-state index is 6.08. The Labute approximate surface area is 121 Å². The Morgan fingerprint density at radius 1 is 0.950 bits per heavy atom. The predicted molar refractivity (Wildman–Crippen MR) is 86.4 cm³/mol. The molecule has 0 bridgehead atoms. The molecule has 2 aromatic rings. The predicted octanol–water partition coefficient (Wildman–Crippen LogP) is 3.34. The van der Waals surface area contributed by atoms with E-state index in [0.717, 1.165) is 11.4 Å². The average molecular weight is 282 g/mol. The number of hydrogen-bond acceptors (Lipinski definition) is 1. The number of hydrogen-bond donors (Lipinski definition) is 0. The first-order valence-corrected chi connectivity index (χ1v) is 10.5. The highest BCUT2D eigenvalue weighted by Crippen LogP contribution is 2.23. The van der Waals surface area contributed by atoms with Crippen LogP contribution in [0.1, 0.15) is 5.56 Å². The molecule has 2 nitrogen and oxygen atoms in total. The highest BCUT2D eigenvalue weighted by Gasteiger charge is 2.27. The van der Waals surface area contributed by atoms with Gasteiger partial charge in [-0.05, 0) is 11.3 Å². The first-order chi connectivity index (χ1) is 9.55. The smallest absolute Gasteiger partial charge is 0.292 e. The van der Waals surface area contributed by atoms with Crippen molar-refractivity contribution < 1.29 is 9.31 Å². The quantitative estimate of drug-likeness (QED) is 0.608. The van der Waals surface area contributed by atoms with Gasteiger partial charge >= 0.3 is 0 Å². The van der Waals surface area contributed by atoms with Gasteiger partial charge in [-0.15, -0.1) is 0 Å². The molecule has 0 atom stereocenters. The van der Waals surface area contributed by atoms with Crippen LogP contribution >= 0.6 is 0 Å². The molecule has 20 heavy (non-hydrogen) atoms. The van der Waals surface area contributed by atoms with Gasteiger partial charge in [0.05, 0.1) is 13.6 Å². The number of para-hydroxylation sites is 2. The van der Waals surface area contributed by atoms with E-state index in [1.165, 1.54) is 10.8 Å². The molecule has 0 saturated carbocycles. The summed E-state index contributed by atoms with van der Waals surface area (Å²) in [5, 5.41) is 1.40. The summed E-state index contributed by atoms with van der Waals surface area (Å²) in [6.07, 6.45) is 2.19. The lowest BCUT2D eigenvalue weighted by Crippen LogP contribution is -2.40. The maximum absolute atomic E-state index is 6.08. The average Bonchev–Trinajstić information content (AvgIpc) is 2.46. The molecule has 3 rings (SSSR count). The lowest BCUT2D eigenvalue weighted by atomic mass is 10.2. The van der Waals surface area contributed by atoms with Crippen molar-refractivity contribution in [2.45, 2.75) is 19.6 Å². The van der Waals surface area contributed by atoms with E-state index in [4.69, 9.17) is 4.74 Å². The topological polar surface area (TPSA) is 12.2 Å². The molecule has 0 unspecified atom stereocenters. The Morgan fingerprint density at radius 3 is 2.40 bits per heavy atom. The van der Waals surface area contributed by atoms with Crippen molar-refractivity contribution in [2.75, 3.05) is 6.73 Å². The van der Waals surface area contributed by atoms with Crippen LogP contribution in [-0.2, 0) is 0 Å². The van der Waals surface area contributed by atoms with Gasteiger partial charge in [0, 0.05) is 12.1 Å². The molecule has 102 valence electrons. The standard InChI is InChI=1S/C17H20NOSi/c1-20(2,3)16-11-7-8-14-12-18(13-19-17(14)16)15-9-5-4-6-10-15/h4-12H,13H2,1-3H3/q+1. The first-order valence-electron chi connectivity index (χ1n) is 6.98. The second-order valence-corrected chi connectivity index (χ2v) is 11.2. The van der Waals surface area contributed by atoms with E-state index in [2.05, 4.69) is 72.9 Å². The van der Waals surface area contributed by atoms with Crippen molar-refractivity contribution in [2.24, 2.45) is 0 Å². The van der Waals surface area contributed by atoms with E-state index >= 15 is 0 Å². The van der Waals surface area contributed by atoms with Crippen LogP contribution in [0.4, 0.5) is 5.69 Å². The van der Waals surface area contributed by atoms with E-state index in [0.29, 0.717) is 6.73 Å². The zero-order chi connectivity index (χ0) is 14.2. The molecule has 2 aromatic carbocycles. The molecular formula is C17H20NOSi+. The van der Waals surface area contributed by atoms with E-state index in [9.17, 15) is 0 Å². The highest BCUT2D eigenvalue weighted by atomic mass is 28.3. The summed E-state index contributed by atoms with van der Waals surface area (Å²) < 4.78 is 8.23. The fourth-order valence-corrected chi connectivity index (χ4v) is 4.01. The van der Waals surface area contributed by atoms with Crippen molar-refractivity contribution in [3.8, 4) is 5.75 Å². The minimum atomic E-state index is -1.38. The largest absolute Gasteiger partial charge is 0.435 e. The van der Waals surface area contributed by atoms with E-state index < -0.39 is 8.07 Å². The Balaban J connectivity index is 2.07. The number of nitrogens with zero attached hydrogens (tertiary/aromatic N) is 1. The molecule has 0 N–H and O–H groups in total. The lowest BCUT2D eigenvalue weighted by Gasteiger charge is -2.23. The van der Waals surface area contributed by atoms with Gasteiger partial charge in [-0.2, -0.15) is 4.58 Å².